The average molecular weight is 333 g/mol. The normalized spacial score (nSPS) is 17.3. The lowest BCUT2D eigenvalue weighted by molar-refractivity contribution is -0.384. The van der Waals surface area contributed by atoms with Gasteiger partial charge in [-0.1, -0.05) is 29.8 Å². The summed E-state index contributed by atoms with van der Waals surface area (Å²) < 4.78 is 5.44. The Morgan fingerprint density at radius 3 is 2.78 bits per heavy atom. The van der Waals surface area contributed by atoms with Crippen molar-refractivity contribution >= 4 is 23.0 Å². The number of methoxy groups -OCH3 is 1. The number of nitrogens with zero attached hydrogens (tertiary/aromatic N) is 2. The fraction of sp³-hybridized carbons (Fsp3) is 0.294. The van der Waals surface area contributed by atoms with Crippen LogP contribution in [0.3, 0.4) is 0 Å². The quantitative estimate of drug-likeness (QED) is 0.620. The number of para-hydroxylation sites is 1. The van der Waals surface area contributed by atoms with E-state index < -0.39 is 4.92 Å². The molecular weight excluding hydrogens is 316 g/mol. The molecule has 0 aromatic heterocycles. The number of rotatable bonds is 4. The predicted octanol–water partition coefficient (Wildman–Crippen LogP) is 4.25. The number of nitro benzene ring substituents is 1. The van der Waals surface area contributed by atoms with E-state index in [4.69, 9.17) is 16.3 Å². The second kappa shape index (κ2) is 6.46. The molecule has 1 fully saturated rings. The minimum atomic E-state index is -0.433. The number of hydrogen-bond donors (Lipinski definition) is 0. The van der Waals surface area contributed by atoms with E-state index in [0.717, 1.165) is 30.9 Å². The first-order valence-corrected chi connectivity index (χ1v) is 7.79. The molecule has 0 amide bonds. The molecule has 1 atom stereocenters. The number of nitro groups is 1. The molecule has 0 bridgehead atoms. The van der Waals surface area contributed by atoms with Crippen LogP contribution in [0.15, 0.2) is 42.5 Å². The van der Waals surface area contributed by atoms with Crippen molar-refractivity contribution in [1.29, 1.82) is 0 Å². The van der Waals surface area contributed by atoms with E-state index in [1.165, 1.54) is 17.7 Å². The van der Waals surface area contributed by atoms with E-state index >= 15 is 0 Å². The maximum absolute atomic E-state index is 10.8. The summed E-state index contributed by atoms with van der Waals surface area (Å²) in [5.74, 6) is 1.26. The Labute approximate surface area is 139 Å². The molecule has 1 aliphatic heterocycles. The molecule has 1 aliphatic rings. The van der Waals surface area contributed by atoms with Gasteiger partial charge in [0.2, 0.25) is 0 Å². The molecule has 120 valence electrons. The number of hydrogen-bond acceptors (Lipinski definition) is 4. The van der Waals surface area contributed by atoms with E-state index in [2.05, 4.69) is 11.0 Å². The third-order valence-corrected chi connectivity index (χ3v) is 4.55. The first-order chi connectivity index (χ1) is 11.1. The van der Waals surface area contributed by atoms with Gasteiger partial charge in [0.25, 0.3) is 5.69 Å². The predicted molar refractivity (Wildman–Crippen MR) is 90.7 cm³/mol. The van der Waals surface area contributed by atoms with Gasteiger partial charge < -0.3 is 9.64 Å². The Morgan fingerprint density at radius 1 is 1.30 bits per heavy atom. The molecule has 2 aromatic rings. The van der Waals surface area contributed by atoms with Crippen LogP contribution in [-0.4, -0.2) is 25.1 Å². The zero-order chi connectivity index (χ0) is 16.4. The van der Waals surface area contributed by atoms with Crippen LogP contribution in [0.4, 0.5) is 11.4 Å². The molecule has 5 nitrogen and oxygen atoms in total. The minimum Gasteiger partial charge on any atom is -0.496 e. The molecule has 23 heavy (non-hydrogen) atoms. The van der Waals surface area contributed by atoms with Crippen LogP contribution in [0.25, 0.3) is 0 Å². The van der Waals surface area contributed by atoms with Crippen LogP contribution in [0, 0.1) is 10.1 Å². The van der Waals surface area contributed by atoms with Gasteiger partial charge in [0, 0.05) is 31.1 Å². The van der Waals surface area contributed by atoms with Gasteiger partial charge in [-0.25, -0.2) is 0 Å². The van der Waals surface area contributed by atoms with Crippen molar-refractivity contribution < 1.29 is 9.66 Å². The topological polar surface area (TPSA) is 55.6 Å². The maximum atomic E-state index is 10.8. The van der Waals surface area contributed by atoms with E-state index in [1.54, 1.807) is 13.2 Å². The zero-order valence-corrected chi connectivity index (χ0v) is 13.5. The Morgan fingerprint density at radius 2 is 2.09 bits per heavy atom. The number of ether oxygens (including phenoxy) is 1. The standard InChI is InChI=1S/C17H17ClN2O3/c1-23-17-5-3-2-4-14(17)12-8-9-19(11-12)16-7-6-13(20(21)22)10-15(16)18/h2-7,10,12H,8-9,11H2,1H3. The summed E-state index contributed by atoms with van der Waals surface area (Å²) in [6, 6.07) is 12.7. The number of halogens is 1. The fourth-order valence-corrected chi connectivity index (χ4v) is 3.40. The summed E-state index contributed by atoms with van der Waals surface area (Å²) >= 11 is 6.23. The van der Waals surface area contributed by atoms with Crippen LogP contribution in [0.5, 0.6) is 5.75 Å². The SMILES string of the molecule is COc1ccccc1C1CCN(c2ccc([N+](=O)[O-])cc2Cl)C1. The Bertz CT molecular complexity index is 736. The molecule has 0 N–H and O–H groups in total. The van der Waals surface area contributed by atoms with Crippen molar-refractivity contribution in [2.24, 2.45) is 0 Å². The van der Waals surface area contributed by atoms with Crippen LogP contribution >= 0.6 is 11.6 Å². The first-order valence-electron chi connectivity index (χ1n) is 7.42. The lowest BCUT2D eigenvalue weighted by Gasteiger charge is -2.20. The molecule has 0 saturated carbocycles. The highest BCUT2D eigenvalue weighted by Crippen LogP contribution is 2.38. The number of non-ortho nitro benzene ring substituents is 1. The van der Waals surface area contributed by atoms with Gasteiger partial charge in [0.15, 0.2) is 0 Å². The molecule has 2 aromatic carbocycles. The van der Waals surface area contributed by atoms with Gasteiger partial charge in [-0.3, -0.25) is 10.1 Å². The van der Waals surface area contributed by atoms with Gasteiger partial charge in [-0.2, -0.15) is 0 Å². The van der Waals surface area contributed by atoms with Crippen LogP contribution < -0.4 is 9.64 Å². The number of benzene rings is 2. The zero-order valence-electron chi connectivity index (χ0n) is 12.7. The molecule has 3 rings (SSSR count). The fourth-order valence-electron chi connectivity index (χ4n) is 3.10. The van der Waals surface area contributed by atoms with Crippen LogP contribution in [-0.2, 0) is 0 Å². The number of anilines is 1. The maximum Gasteiger partial charge on any atom is 0.271 e. The van der Waals surface area contributed by atoms with Crippen LogP contribution in [0.2, 0.25) is 5.02 Å². The van der Waals surface area contributed by atoms with Gasteiger partial charge in [0.1, 0.15) is 5.75 Å². The molecule has 1 unspecified atom stereocenters. The third kappa shape index (κ3) is 3.10. The van der Waals surface area contributed by atoms with E-state index in [0.29, 0.717) is 10.9 Å². The van der Waals surface area contributed by atoms with Crippen molar-refractivity contribution in [3.63, 3.8) is 0 Å². The smallest absolute Gasteiger partial charge is 0.271 e. The van der Waals surface area contributed by atoms with Crippen molar-refractivity contribution in [1.82, 2.24) is 0 Å². The van der Waals surface area contributed by atoms with E-state index in [1.807, 2.05) is 18.2 Å². The molecule has 0 radical (unpaired) electrons. The van der Waals surface area contributed by atoms with Gasteiger partial charge in [0.05, 0.1) is 22.7 Å². The summed E-state index contributed by atoms with van der Waals surface area (Å²) in [6.07, 6.45) is 0.994. The Balaban J connectivity index is 1.81. The second-order valence-electron chi connectivity index (χ2n) is 5.57. The lowest BCUT2D eigenvalue weighted by atomic mass is 9.97. The molecule has 0 spiro atoms. The molecule has 1 heterocycles. The summed E-state index contributed by atoms with van der Waals surface area (Å²) in [5, 5.41) is 11.2. The van der Waals surface area contributed by atoms with Crippen molar-refractivity contribution in [2.75, 3.05) is 25.1 Å². The van der Waals surface area contributed by atoms with Crippen molar-refractivity contribution in [2.45, 2.75) is 12.3 Å². The summed E-state index contributed by atoms with van der Waals surface area (Å²) in [7, 11) is 1.68. The Hall–Kier alpha value is -2.27. The largest absolute Gasteiger partial charge is 0.496 e. The summed E-state index contributed by atoms with van der Waals surface area (Å²) in [5.41, 5.74) is 2.05. The van der Waals surface area contributed by atoms with Crippen molar-refractivity contribution in [3.8, 4) is 5.75 Å². The molecule has 1 saturated heterocycles. The molecular formula is C17H17ClN2O3. The summed E-state index contributed by atoms with van der Waals surface area (Å²) in [4.78, 5) is 12.5. The van der Waals surface area contributed by atoms with Gasteiger partial charge >= 0.3 is 0 Å². The van der Waals surface area contributed by atoms with E-state index in [-0.39, 0.29) is 5.69 Å². The monoisotopic (exact) mass is 332 g/mol. The second-order valence-corrected chi connectivity index (χ2v) is 5.97. The first kappa shape index (κ1) is 15.6. The highest BCUT2D eigenvalue weighted by Gasteiger charge is 2.27. The highest BCUT2D eigenvalue weighted by molar-refractivity contribution is 6.33. The lowest BCUT2D eigenvalue weighted by Crippen LogP contribution is -2.19. The summed E-state index contributed by atoms with van der Waals surface area (Å²) in [6.45, 7) is 1.68. The molecule has 6 heteroatoms. The molecule has 0 aliphatic carbocycles. The third-order valence-electron chi connectivity index (χ3n) is 4.25. The van der Waals surface area contributed by atoms with Gasteiger partial charge in [-0.05, 0) is 24.1 Å². The van der Waals surface area contributed by atoms with Gasteiger partial charge in [-0.15, -0.1) is 0 Å². The highest BCUT2D eigenvalue weighted by atomic mass is 35.5. The van der Waals surface area contributed by atoms with E-state index in [9.17, 15) is 10.1 Å². The Kier molecular flexibility index (Phi) is 4.39. The minimum absolute atomic E-state index is 0.0132. The average Bonchev–Trinajstić information content (AvgIpc) is 3.04. The van der Waals surface area contributed by atoms with Crippen LogP contribution in [0.1, 0.15) is 17.9 Å². The van der Waals surface area contributed by atoms with Crippen molar-refractivity contribution in [3.05, 3.63) is 63.2 Å².